The van der Waals surface area contributed by atoms with Crippen LogP contribution < -0.4 is 15.0 Å². The summed E-state index contributed by atoms with van der Waals surface area (Å²) < 4.78 is 12.5. The van der Waals surface area contributed by atoms with Crippen LogP contribution in [0.15, 0.2) is 24.8 Å². The van der Waals surface area contributed by atoms with Gasteiger partial charge in [-0.2, -0.15) is 4.98 Å². The molecule has 1 aliphatic rings. The highest BCUT2D eigenvalue weighted by Gasteiger charge is 2.30. The number of aromatic nitrogens is 5. The van der Waals surface area contributed by atoms with Crippen molar-refractivity contribution in [1.29, 1.82) is 0 Å². The number of hydrogen-bond acceptors (Lipinski definition) is 9. The molecule has 1 fully saturated rings. The first kappa shape index (κ1) is 24.2. The number of fused-ring (bicyclic) bond motifs is 1. The molecular weight excluding hydrogens is 452 g/mol. The second-order valence-corrected chi connectivity index (χ2v) is 9.46. The number of anilines is 2. The molecular formula is C23H30N8O4. The molecule has 12 nitrogen and oxygen atoms in total. The van der Waals surface area contributed by atoms with Crippen LogP contribution in [0.5, 0.6) is 5.88 Å². The standard InChI is InChI=1S/C23H30N8O4/c1-14-11-30-12-17(28-21(34-6)19(30)26-14)27-20(32)16-9-25-18(10-24-16)31-13-29(8-7-15(31)2)22(33)35-23(3,4)5/h9-12,15H,7-8,13H2,1-6H3,(H,27,32). The van der Waals surface area contributed by atoms with Gasteiger partial charge in [0.15, 0.2) is 5.82 Å². The van der Waals surface area contributed by atoms with Crippen LogP contribution >= 0.6 is 0 Å². The third-order valence-electron chi connectivity index (χ3n) is 5.45. The Bertz CT molecular complexity index is 1230. The number of methoxy groups -OCH3 is 1. The molecule has 1 unspecified atom stereocenters. The molecule has 0 aromatic carbocycles. The molecule has 1 N–H and O–H groups in total. The molecule has 4 rings (SSSR count). The van der Waals surface area contributed by atoms with Gasteiger partial charge in [0, 0.05) is 18.8 Å². The molecule has 35 heavy (non-hydrogen) atoms. The van der Waals surface area contributed by atoms with Crippen LogP contribution in [0.4, 0.5) is 16.4 Å². The van der Waals surface area contributed by atoms with Crippen molar-refractivity contribution in [3.63, 3.8) is 0 Å². The summed E-state index contributed by atoms with van der Waals surface area (Å²) in [5.74, 6) is 0.695. The monoisotopic (exact) mass is 482 g/mol. The average Bonchev–Trinajstić information content (AvgIpc) is 3.17. The summed E-state index contributed by atoms with van der Waals surface area (Å²) in [7, 11) is 1.49. The molecule has 0 radical (unpaired) electrons. The van der Waals surface area contributed by atoms with Crippen LogP contribution in [-0.4, -0.2) is 73.2 Å². The van der Waals surface area contributed by atoms with Crippen molar-refractivity contribution < 1.29 is 19.1 Å². The number of hydrogen-bond donors (Lipinski definition) is 1. The van der Waals surface area contributed by atoms with E-state index in [-0.39, 0.29) is 17.8 Å². The Hall–Kier alpha value is -3.96. The number of carbonyl (C=O) groups is 2. The summed E-state index contributed by atoms with van der Waals surface area (Å²) in [6.45, 7) is 10.3. The zero-order valence-corrected chi connectivity index (χ0v) is 20.8. The molecule has 1 aliphatic heterocycles. The quantitative estimate of drug-likeness (QED) is 0.597. The number of carbonyl (C=O) groups excluding carboxylic acids is 2. The number of nitrogens with zero attached hydrogens (tertiary/aromatic N) is 7. The highest BCUT2D eigenvalue weighted by molar-refractivity contribution is 6.02. The van der Waals surface area contributed by atoms with Gasteiger partial charge in [-0.3, -0.25) is 14.1 Å². The topological polar surface area (TPSA) is 127 Å². The molecule has 0 saturated carbocycles. The third kappa shape index (κ3) is 5.42. The van der Waals surface area contributed by atoms with E-state index in [2.05, 4.69) is 32.2 Å². The van der Waals surface area contributed by atoms with E-state index in [1.54, 1.807) is 15.5 Å². The highest BCUT2D eigenvalue weighted by atomic mass is 16.6. The van der Waals surface area contributed by atoms with Gasteiger partial charge in [0.2, 0.25) is 5.65 Å². The van der Waals surface area contributed by atoms with Crippen molar-refractivity contribution in [3.05, 3.63) is 36.2 Å². The van der Waals surface area contributed by atoms with Gasteiger partial charge in [0.05, 0.1) is 38.1 Å². The predicted octanol–water partition coefficient (Wildman–Crippen LogP) is 2.88. The first-order valence-electron chi connectivity index (χ1n) is 11.3. The summed E-state index contributed by atoms with van der Waals surface area (Å²) in [5, 5.41) is 2.72. The van der Waals surface area contributed by atoms with Gasteiger partial charge in [-0.25, -0.2) is 19.7 Å². The van der Waals surface area contributed by atoms with Gasteiger partial charge >= 0.3 is 6.09 Å². The first-order valence-corrected chi connectivity index (χ1v) is 11.3. The highest BCUT2D eigenvalue weighted by Crippen LogP contribution is 2.23. The Kier molecular flexibility index (Phi) is 6.46. The maximum Gasteiger partial charge on any atom is 0.411 e. The van der Waals surface area contributed by atoms with E-state index in [0.717, 1.165) is 12.1 Å². The van der Waals surface area contributed by atoms with E-state index in [1.165, 1.54) is 19.5 Å². The molecule has 186 valence electrons. The van der Waals surface area contributed by atoms with Crippen LogP contribution in [0.1, 0.15) is 50.3 Å². The second-order valence-electron chi connectivity index (χ2n) is 9.46. The molecule has 2 amide bonds. The summed E-state index contributed by atoms with van der Waals surface area (Å²) in [6.07, 6.45) is 6.78. The lowest BCUT2D eigenvalue weighted by Crippen LogP contribution is -2.53. The molecule has 1 atom stereocenters. The zero-order chi connectivity index (χ0) is 25.3. The summed E-state index contributed by atoms with van der Waals surface area (Å²) in [4.78, 5) is 46.3. The molecule has 1 saturated heterocycles. The van der Waals surface area contributed by atoms with Crippen molar-refractivity contribution in [2.75, 3.05) is 30.5 Å². The van der Waals surface area contributed by atoms with Gasteiger partial charge in [-0.1, -0.05) is 0 Å². The van der Waals surface area contributed by atoms with Crippen LogP contribution in [0.2, 0.25) is 0 Å². The van der Waals surface area contributed by atoms with E-state index in [0.29, 0.717) is 36.4 Å². The molecule has 0 aliphatic carbocycles. The number of aryl methyl sites for hydroxylation is 1. The van der Waals surface area contributed by atoms with Crippen molar-refractivity contribution >= 4 is 29.3 Å². The number of imidazole rings is 1. The van der Waals surface area contributed by atoms with Crippen molar-refractivity contribution in [1.82, 2.24) is 29.2 Å². The smallest absolute Gasteiger partial charge is 0.411 e. The SMILES string of the molecule is COc1nc(NC(=O)c2cnc(N3CN(C(=O)OC(C)(C)C)CCC3C)cn2)cn2cc(C)nc12. The molecule has 12 heteroatoms. The molecule has 3 aromatic heterocycles. The first-order chi connectivity index (χ1) is 16.5. The maximum absolute atomic E-state index is 12.8. The molecule has 3 aromatic rings. The Morgan fingerprint density at radius 2 is 1.91 bits per heavy atom. The molecule has 4 heterocycles. The Morgan fingerprint density at radius 1 is 1.14 bits per heavy atom. The van der Waals surface area contributed by atoms with E-state index < -0.39 is 11.5 Å². The van der Waals surface area contributed by atoms with Gasteiger partial charge in [0.1, 0.15) is 17.1 Å². The third-order valence-corrected chi connectivity index (χ3v) is 5.45. The van der Waals surface area contributed by atoms with E-state index in [1.807, 2.05) is 38.8 Å². The lowest BCUT2D eigenvalue weighted by molar-refractivity contribution is 0.0210. The van der Waals surface area contributed by atoms with Gasteiger partial charge < -0.3 is 19.7 Å². The lowest BCUT2D eigenvalue weighted by Gasteiger charge is -2.40. The zero-order valence-electron chi connectivity index (χ0n) is 20.8. The molecule has 0 spiro atoms. The minimum atomic E-state index is -0.570. The minimum absolute atomic E-state index is 0.130. The van der Waals surface area contributed by atoms with Crippen LogP contribution in [0.3, 0.4) is 0 Å². The fourth-order valence-corrected chi connectivity index (χ4v) is 3.72. The largest absolute Gasteiger partial charge is 0.478 e. The van der Waals surface area contributed by atoms with Gasteiger partial charge in [0.25, 0.3) is 11.8 Å². The van der Waals surface area contributed by atoms with Gasteiger partial charge in [-0.05, 0) is 41.0 Å². The van der Waals surface area contributed by atoms with Crippen LogP contribution in [0, 0.1) is 6.92 Å². The van der Waals surface area contributed by atoms with E-state index in [9.17, 15) is 9.59 Å². The Balaban J connectivity index is 1.47. The summed E-state index contributed by atoms with van der Waals surface area (Å²) in [5.41, 5.74) is 0.917. The van der Waals surface area contributed by atoms with Crippen LogP contribution in [0.25, 0.3) is 5.65 Å². The van der Waals surface area contributed by atoms with Crippen molar-refractivity contribution in [3.8, 4) is 5.88 Å². The van der Waals surface area contributed by atoms with Crippen LogP contribution in [-0.2, 0) is 4.74 Å². The van der Waals surface area contributed by atoms with Crippen molar-refractivity contribution in [2.45, 2.75) is 52.7 Å². The summed E-state index contributed by atoms with van der Waals surface area (Å²) >= 11 is 0. The Labute approximate surface area is 203 Å². The number of rotatable bonds is 4. The number of nitrogens with one attached hydrogen (secondary N) is 1. The normalized spacial score (nSPS) is 16.3. The maximum atomic E-state index is 12.8. The van der Waals surface area contributed by atoms with E-state index in [4.69, 9.17) is 9.47 Å². The fraction of sp³-hybridized carbons (Fsp3) is 0.478. The lowest BCUT2D eigenvalue weighted by atomic mass is 10.1. The Morgan fingerprint density at radius 3 is 2.57 bits per heavy atom. The predicted molar refractivity (Wildman–Crippen MR) is 129 cm³/mol. The molecule has 0 bridgehead atoms. The van der Waals surface area contributed by atoms with E-state index >= 15 is 0 Å². The summed E-state index contributed by atoms with van der Waals surface area (Å²) in [6, 6.07) is 0.143. The van der Waals surface area contributed by atoms with Gasteiger partial charge in [-0.15, -0.1) is 0 Å². The van der Waals surface area contributed by atoms with Crippen molar-refractivity contribution in [2.24, 2.45) is 0 Å². The average molecular weight is 483 g/mol. The fourth-order valence-electron chi connectivity index (χ4n) is 3.72. The number of amides is 2. The second kappa shape index (κ2) is 9.35. The minimum Gasteiger partial charge on any atom is -0.478 e. The number of ether oxygens (including phenoxy) is 2.